The Hall–Kier alpha value is -0.0800. The number of likely N-dealkylation sites (N-methyl/N-ethyl adjacent to an activating group) is 1. The van der Waals surface area contributed by atoms with Gasteiger partial charge in [-0.3, -0.25) is 0 Å². The van der Waals surface area contributed by atoms with E-state index in [0.717, 1.165) is 19.0 Å². The van der Waals surface area contributed by atoms with Gasteiger partial charge in [-0.15, -0.1) is 0 Å². The second-order valence-electron chi connectivity index (χ2n) is 5.72. The maximum absolute atomic E-state index is 6.28. The summed E-state index contributed by atoms with van der Waals surface area (Å²) in [5.41, 5.74) is 0.184. The van der Waals surface area contributed by atoms with Crippen molar-refractivity contribution in [1.82, 2.24) is 4.90 Å². The highest BCUT2D eigenvalue weighted by Gasteiger charge is 2.47. The van der Waals surface area contributed by atoms with E-state index in [9.17, 15) is 0 Å². The predicted molar refractivity (Wildman–Crippen MR) is 58.4 cm³/mol. The molecule has 2 heteroatoms. The first-order valence-electron chi connectivity index (χ1n) is 5.88. The molecule has 3 aliphatic rings. The maximum atomic E-state index is 6.28. The molecule has 0 aromatic carbocycles. The lowest BCUT2D eigenvalue weighted by molar-refractivity contribution is -0.176. The number of hydrogen-bond acceptors (Lipinski definition) is 2. The molecule has 2 bridgehead atoms. The number of nitrogens with zero attached hydrogens (tertiary/aromatic N) is 1. The van der Waals surface area contributed by atoms with Crippen LogP contribution in [0.3, 0.4) is 0 Å². The maximum Gasteiger partial charge on any atom is 0.0788 e. The molecule has 82 valence electrons. The highest BCUT2D eigenvalue weighted by Crippen LogP contribution is 2.42. The molecule has 0 N–H and O–H groups in total. The van der Waals surface area contributed by atoms with E-state index in [-0.39, 0.29) is 11.2 Å². The Kier molecular flexibility index (Phi) is 2.39. The average molecular weight is 197 g/mol. The fourth-order valence-electron chi connectivity index (χ4n) is 3.11. The molecule has 3 rings (SSSR count). The molecule has 0 aromatic rings. The molecular weight excluding hydrogens is 174 g/mol. The van der Waals surface area contributed by atoms with Gasteiger partial charge in [0.2, 0.25) is 0 Å². The largest absolute Gasteiger partial charge is 0.368 e. The van der Waals surface area contributed by atoms with Crippen LogP contribution in [0, 0.1) is 5.92 Å². The van der Waals surface area contributed by atoms with Crippen LogP contribution < -0.4 is 0 Å². The lowest BCUT2D eigenvalue weighted by Crippen LogP contribution is -2.48. The van der Waals surface area contributed by atoms with E-state index in [1.54, 1.807) is 0 Å². The van der Waals surface area contributed by atoms with Gasteiger partial charge in [-0.25, -0.2) is 0 Å². The van der Waals surface area contributed by atoms with Crippen LogP contribution in [0.2, 0.25) is 0 Å². The van der Waals surface area contributed by atoms with Crippen LogP contribution in [0.25, 0.3) is 0 Å². The van der Waals surface area contributed by atoms with Gasteiger partial charge in [-0.2, -0.15) is 0 Å². The van der Waals surface area contributed by atoms with Crippen molar-refractivity contribution < 1.29 is 4.74 Å². The molecule has 14 heavy (non-hydrogen) atoms. The van der Waals surface area contributed by atoms with Crippen LogP contribution in [0.15, 0.2) is 0 Å². The number of fused-ring (bicyclic) bond motifs is 4. The summed E-state index contributed by atoms with van der Waals surface area (Å²) in [7, 11) is 0. The molecule has 0 radical (unpaired) electrons. The third-order valence-electron chi connectivity index (χ3n) is 4.00. The molecular formula is C12H23NO. The summed E-state index contributed by atoms with van der Waals surface area (Å²) in [6.45, 7) is 12.5. The van der Waals surface area contributed by atoms with Gasteiger partial charge in [-0.1, -0.05) is 6.92 Å². The Bertz CT molecular complexity index is 226. The van der Waals surface area contributed by atoms with Crippen molar-refractivity contribution in [2.75, 3.05) is 19.6 Å². The molecule has 0 saturated carbocycles. The third-order valence-corrected chi connectivity index (χ3v) is 4.00. The van der Waals surface area contributed by atoms with Gasteiger partial charge >= 0.3 is 0 Å². The summed E-state index contributed by atoms with van der Waals surface area (Å²) in [5.74, 6) is 0.720. The topological polar surface area (TPSA) is 12.5 Å². The van der Waals surface area contributed by atoms with Gasteiger partial charge in [0.05, 0.1) is 11.2 Å². The summed E-state index contributed by atoms with van der Waals surface area (Å²) >= 11 is 0. The molecule has 3 saturated heterocycles. The molecule has 0 aliphatic carbocycles. The SMILES string of the molecule is CCN1C[C@H]2CC[C@@](C)(C1)OC2(C)C. The van der Waals surface area contributed by atoms with Gasteiger partial charge in [-0.05, 0) is 40.2 Å². The van der Waals surface area contributed by atoms with Crippen molar-refractivity contribution >= 4 is 0 Å². The lowest BCUT2D eigenvalue weighted by atomic mass is 9.81. The van der Waals surface area contributed by atoms with Crippen molar-refractivity contribution in [2.45, 2.75) is 51.7 Å². The van der Waals surface area contributed by atoms with E-state index in [1.807, 2.05) is 0 Å². The number of rotatable bonds is 1. The number of ether oxygens (including phenoxy) is 1. The average Bonchev–Trinajstić information content (AvgIpc) is 2.27. The first kappa shape index (κ1) is 10.4. The summed E-state index contributed by atoms with van der Waals surface area (Å²) in [4.78, 5) is 2.55. The van der Waals surface area contributed by atoms with Crippen LogP contribution in [-0.4, -0.2) is 35.7 Å². The molecule has 3 fully saturated rings. The zero-order chi connectivity index (χ0) is 10.4. The molecule has 2 atom stereocenters. The molecule has 2 nitrogen and oxygen atoms in total. The predicted octanol–water partition coefficient (Wildman–Crippen LogP) is 2.29. The van der Waals surface area contributed by atoms with Crippen molar-refractivity contribution in [2.24, 2.45) is 5.92 Å². The van der Waals surface area contributed by atoms with Gasteiger partial charge in [0, 0.05) is 19.0 Å². The fourth-order valence-corrected chi connectivity index (χ4v) is 3.11. The summed E-state index contributed by atoms with van der Waals surface area (Å²) < 4.78 is 6.28. The minimum Gasteiger partial charge on any atom is -0.368 e. The van der Waals surface area contributed by atoms with E-state index < -0.39 is 0 Å². The zero-order valence-electron chi connectivity index (χ0n) is 9.97. The van der Waals surface area contributed by atoms with E-state index >= 15 is 0 Å². The Morgan fingerprint density at radius 2 is 2.07 bits per heavy atom. The van der Waals surface area contributed by atoms with Crippen LogP contribution in [0.1, 0.15) is 40.5 Å². The zero-order valence-corrected chi connectivity index (χ0v) is 9.97. The summed E-state index contributed by atoms with van der Waals surface area (Å²) in [5, 5.41) is 0. The number of hydrogen-bond donors (Lipinski definition) is 0. The van der Waals surface area contributed by atoms with Crippen LogP contribution in [-0.2, 0) is 4.74 Å². The van der Waals surface area contributed by atoms with E-state index in [0.29, 0.717) is 0 Å². The molecule has 0 unspecified atom stereocenters. The van der Waals surface area contributed by atoms with Gasteiger partial charge < -0.3 is 9.64 Å². The van der Waals surface area contributed by atoms with Crippen molar-refractivity contribution in [3.05, 3.63) is 0 Å². The summed E-state index contributed by atoms with van der Waals surface area (Å²) in [6, 6.07) is 0. The molecule has 0 spiro atoms. The monoisotopic (exact) mass is 197 g/mol. The van der Waals surface area contributed by atoms with Crippen molar-refractivity contribution in [3.8, 4) is 0 Å². The minimum absolute atomic E-state index is 0.0803. The molecule has 0 aromatic heterocycles. The molecule has 3 aliphatic heterocycles. The molecule has 0 amide bonds. The van der Waals surface area contributed by atoms with Gasteiger partial charge in [0.15, 0.2) is 0 Å². The first-order valence-corrected chi connectivity index (χ1v) is 5.88. The van der Waals surface area contributed by atoms with E-state index in [2.05, 4.69) is 32.6 Å². The third kappa shape index (κ3) is 1.70. The lowest BCUT2D eigenvalue weighted by Gasteiger charge is -2.44. The Morgan fingerprint density at radius 3 is 2.64 bits per heavy atom. The van der Waals surface area contributed by atoms with Gasteiger partial charge in [0.1, 0.15) is 0 Å². The van der Waals surface area contributed by atoms with Crippen LogP contribution in [0.5, 0.6) is 0 Å². The van der Waals surface area contributed by atoms with Crippen molar-refractivity contribution in [3.63, 3.8) is 0 Å². The standard InChI is InChI=1S/C12H23NO/c1-5-13-8-10-6-7-12(4,9-13)14-11(10,2)3/h10H,5-9H2,1-4H3/t10-,12+/m1/s1. The van der Waals surface area contributed by atoms with Gasteiger partial charge in [0.25, 0.3) is 0 Å². The smallest absolute Gasteiger partial charge is 0.0788 e. The van der Waals surface area contributed by atoms with Crippen molar-refractivity contribution in [1.29, 1.82) is 0 Å². The fraction of sp³-hybridized carbons (Fsp3) is 1.00. The second kappa shape index (κ2) is 3.21. The van der Waals surface area contributed by atoms with E-state index in [4.69, 9.17) is 4.74 Å². The first-order chi connectivity index (χ1) is 6.45. The normalized spacial score (nSPS) is 42.4. The van der Waals surface area contributed by atoms with Crippen LogP contribution >= 0.6 is 0 Å². The molecule has 3 heterocycles. The highest BCUT2D eigenvalue weighted by atomic mass is 16.5. The quantitative estimate of drug-likeness (QED) is 0.639. The van der Waals surface area contributed by atoms with Crippen LogP contribution in [0.4, 0.5) is 0 Å². The van der Waals surface area contributed by atoms with E-state index in [1.165, 1.54) is 19.4 Å². The Labute approximate surface area is 87.6 Å². The minimum atomic E-state index is 0.0803. The second-order valence-corrected chi connectivity index (χ2v) is 5.72. The Morgan fingerprint density at radius 1 is 1.36 bits per heavy atom. The highest BCUT2D eigenvalue weighted by molar-refractivity contribution is 4.98. The summed E-state index contributed by atoms with van der Waals surface area (Å²) in [6.07, 6.45) is 2.57. The Balaban J connectivity index is 2.24.